The van der Waals surface area contributed by atoms with Crippen molar-refractivity contribution in [2.24, 2.45) is 4.40 Å². The number of hydrogen-bond donors (Lipinski definition) is 1. The molecular weight excluding hydrogens is 299 g/mol. The first-order valence-electron chi connectivity index (χ1n) is 4.91. The van der Waals surface area contributed by atoms with Crippen molar-refractivity contribution >= 4 is 51.3 Å². The van der Waals surface area contributed by atoms with Crippen LogP contribution in [0.5, 0.6) is 0 Å². The second-order valence-electron chi connectivity index (χ2n) is 3.64. The number of nitrogens with one attached hydrogen (secondary N) is 1. The number of amidine groups is 1. The fourth-order valence-corrected chi connectivity index (χ4v) is 2.82. The molecule has 0 radical (unpaired) electrons. The lowest BCUT2D eigenvalue weighted by atomic mass is 10.1. The highest BCUT2D eigenvalue weighted by molar-refractivity contribution is 7.79. The molecule has 0 aliphatic carbocycles. The molecule has 3 rings (SSSR count). The summed E-state index contributed by atoms with van der Waals surface area (Å²) in [6.45, 7) is 0. The summed E-state index contributed by atoms with van der Waals surface area (Å²) in [6.07, 6.45) is 1.96. The summed E-state index contributed by atoms with van der Waals surface area (Å²) in [4.78, 5) is 0. The highest BCUT2D eigenvalue weighted by atomic mass is 35.5. The molecule has 2 aromatic rings. The van der Waals surface area contributed by atoms with E-state index in [4.69, 9.17) is 27.6 Å². The standard InChI is InChI=1S/C10H6Cl2N2O3S/c11-6-2-7(12)10-5(4-16-8(10)3-6)1-9-13-17-18(15)14-9/h2-4H,1H2,(H,13,14). The molecule has 1 aliphatic heterocycles. The Labute approximate surface area is 114 Å². The Kier molecular flexibility index (Phi) is 3.03. The maximum Gasteiger partial charge on any atom is 0.309 e. The van der Waals surface area contributed by atoms with Crippen molar-refractivity contribution in [3.05, 3.63) is 34.0 Å². The first-order chi connectivity index (χ1) is 8.63. The van der Waals surface area contributed by atoms with Crippen molar-refractivity contribution in [1.29, 1.82) is 0 Å². The van der Waals surface area contributed by atoms with Gasteiger partial charge in [0.2, 0.25) is 0 Å². The van der Waals surface area contributed by atoms with Crippen LogP contribution in [0.3, 0.4) is 0 Å². The molecule has 0 amide bonds. The average Bonchev–Trinajstić information content (AvgIpc) is 2.86. The molecule has 18 heavy (non-hydrogen) atoms. The first kappa shape index (κ1) is 12.0. The predicted octanol–water partition coefficient (Wildman–Crippen LogP) is 2.79. The van der Waals surface area contributed by atoms with Crippen molar-refractivity contribution < 1.29 is 12.9 Å². The predicted molar refractivity (Wildman–Crippen MR) is 69.7 cm³/mol. The quantitative estimate of drug-likeness (QED) is 0.926. The SMILES string of the molecule is O=S1N=C(Cc2coc3cc(Cl)cc(Cl)c23)NO1. The smallest absolute Gasteiger partial charge is 0.309 e. The molecule has 5 nitrogen and oxygen atoms in total. The van der Waals surface area contributed by atoms with E-state index >= 15 is 0 Å². The summed E-state index contributed by atoms with van der Waals surface area (Å²) in [6, 6.07) is 3.33. The average molecular weight is 305 g/mol. The number of nitrogens with zero attached hydrogens (tertiary/aromatic N) is 1. The summed E-state index contributed by atoms with van der Waals surface area (Å²) < 4.78 is 24.7. The van der Waals surface area contributed by atoms with Gasteiger partial charge in [-0.3, -0.25) is 0 Å². The van der Waals surface area contributed by atoms with E-state index in [9.17, 15) is 4.21 Å². The van der Waals surface area contributed by atoms with Gasteiger partial charge in [-0.05, 0) is 6.07 Å². The molecule has 0 bridgehead atoms. The molecule has 1 aliphatic rings. The molecule has 2 heterocycles. The third kappa shape index (κ3) is 2.12. The summed E-state index contributed by atoms with van der Waals surface area (Å²) in [5.74, 6) is 0.460. The van der Waals surface area contributed by atoms with Crippen LogP contribution in [0.25, 0.3) is 11.0 Å². The van der Waals surface area contributed by atoms with E-state index in [1.165, 1.54) is 0 Å². The largest absolute Gasteiger partial charge is 0.464 e. The van der Waals surface area contributed by atoms with E-state index in [0.717, 1.165) is 10.9 Å². The highest BCUT2D eigenvalue weighted by Crippen LogP contribution is 2.32. The molecule has 1 atom stereocenters. The van der Waals surface area contributed by atoms with E-state index < -0.39 is 11.3 Å². The van der Waals surface area contributed by atoms with Crippen LogP contribution in [0.15, 0.2) is 27.2 Å². The summed E-state index contributed by atoms with van der Waals surface area (Å²) in [7, 11) is 0. The van der Waals surface area contributed by atoms with E-state index in [1.54, 1.807) is 18.4 Å². The Morgan fingerprint density at radius 3 is 2.94 bits per heavy atom. The number of hydrogen-bond acceptors (Lipinski definition) is 4. The van der Waals surface area contributed by atoms with E-state index in [-0.39, 0.29) is 0 Å². The number of halogens is 2. The normalized spacial score (nSPS) is 19.0. The topological polar surface area (TPSA) is 63.8 Å². The number of benzene rings is 1. The molecule has 0 saturated heterocycles. The van der Waals surface area contributed by atoms with Crippen molar-refractivity contribution in [3.63, 3.8) is 0 Å². The second kappa shape index (κ2) is 4.55. The van der Waals surface area contributed by atoms with E-state index in [0.29, 0.717) is 27.9 Å². The van der Waals surface area contributed by atoms with Crippen LogP contribution in [-0.2, 0) is 22.0 Å². The fraction of sp³-hybridized carbons (Fsp3) is 0.100. The molecule has 0 spiro atoms. The summed E-state index contributed by atoms with van der Waals surface area (Å²) >= 11 is 10.3. The minimum Gasteiger partial charge on any atom is -0.464 e. The summed E-state index contributed by atoms with van der Waals surface area (Å²) in [5.41, 5.74) is 3.90. The minimum absolute atomic E-state index is 0.389. The maximum atomic E-state index is 10.9. The number of hydroxylamine groups is 1. The molecule has 1 aromatic carbocycles. The highest BCUT2D eigenvalue weighted by Gasteiger charge is 2.17. The Hall–Kier alpha value is -1.08. The Morgan fingerprint density at radius 2 is 2.22 bits per heavy atom. The van der Waals surface area contributed by atoms with Gasteiger partial charge in [-0.2, -0.15) is 4.28 Å². The molecule has 94 valence electrons. The minimum atomic E-state index is -1.67. The van der Waals surface area contributed by atoms with Crippen LogP contribution in [0.4, 0.5) is 0 Å². The van der Waals surface area contributed by atoms with Gasteiger partial charge in [-0.25, -0.2) is 9.69 Å². The Balaban J connectivity index is 2.03. The van der Waals surface area contributed by atoms with Crippen molar-refractivity contribution in [1.82, 2.24) is 5.48 Å². The van der Waals surface area contributed by atoms with Gasteiger partial charge in [0, 0.05) is 28.5 Å². The van der Waals surface area contributed by atoms with Crippen LogP contribution in [0, 0.1) is 0 Å². The molecule has 0 saturated carbocycles. The van der Waals surface area contributed by atoms with Gasteiger partial charge in [0.05, 0.1) is 11.3 Å². The number of rotatable bonds is 2. The fourth-order valence-electron chi connectivity index (χ4n) is 1.74. The van der Waals surface area contributed by atoms with Crippen molar-refractivity contribution in [2.75, 3.05) is 0 Å². The lowest BCUT2D eigenvalue weighted by Gasteiger charge is -2.00. The maximum absolute atomic E-state index is 10.9. The monoisotopic (exact) mass is 304 g/mol. The van der Waals surface area contributed by atoms with Crippen molar-refractivity contribution in [3.8, 4) is 0 Å². The van der Waals surface area contributed by atoms with E-state index in [2.05, 4.69) is 14.2 Å². The summed E-state index contributed by atoms with van der Waals surface area (Å²) in [5, 5.41) is 1.78. The third-order valence-corrected chi connectivity index (χ3v) is 3.55. The molecule has 1 unspecified atom stereocenters. The zero-order chi connectivity index (χ0) is 12.7. The van der Waals surface area contributed by atoms with Crippen LogP contribution in [0.2, 0.25) is 10.0 Å². The lowest BCUT2D eigenvalue weighted by Crippen LogP contribution is -2.18. The zero-order valence-electron chi connectivity index (χ0n) is 8.78. The Bertz CT molecular complexity index is 683. The molecule has 1 N–H and O–H groups in total. The van der Waals surface area contributed by atoms with Crippen LogP contribution < -0.4 is 5.48 Å². The van der Waals surface area contributed by atoms with Crippen molar-refractivity contribution in [2.45, 2.75) is 6.42 Å². The van der Waals surface area contributed by atoms with E-state index in [1.807, 2.05) is 0 Å². The van der Waals surface area contributed by atoms with Gasteiger partial charge in [0.1, 0.15) is 11.4 Å². The number of fused-ring (bicyclic) bond motifs is 1. The van der Waals surface area contributed by atoms with Gasteiger partial charge < -0.3 is 4.42 Å². The third-order valence-electron chi connectivity index (χ3n) is 2.44. The number of furan rings is 1. The van der Waals surface area contributed by atoms with Crippen LogP contribution in [0.1, 0.15) is 5.56 Å². The molecule has 1 aromatic heterocycles. The Morgan fingerprint density at radius 1 is 1.39 bits per heavy atom. The molecule has 0 fully saturated rings. The van der Waals surface area contributed by atoms with Gasteiger partial charge in [0.15, 0.2) is 0 Å². The van der Waals surface area contributed by atoms with Gasteiger partial charge in [0.25, 0.3) is 0 Å². The van der Waals surface area contributed by atoms with Crippen LogP contribution >= 0.6 is 23.2 Å². The molecule has 8 heteroatoms. The first-order valence-corrected chi connectivity index (χ1v) is 6.70. The van der Waals surface area contributed by atoms with Gasteiger partial charge >= 0.3 is 11.3 Å². The second-order valence-corrected chi connectivity index (χ2v) is 5.27. The van der Waals surface area contributed by atoms with Crippen LogP contribution in [-0.4, -0.2) is 10.0 Å². The zero-order valence-corrected chi connectivity index (χ0v) is 11.1. The van der Waals surface area contributed by atoms with Gasteiger partial charge in [-0.1, -0.05) is 23.2 Å². The molecular formula is C10H6Cl2N2O3S. The van der Waals surface area contributed by atoms with Gasteiger partial charge in [-0.15, -0.1) is 4.40 Å². The lowest BCUT2D eigenvalue weighted by molar-refractivity contribution is 0.303.